The molecule has 0 aliphatic carbocycles. The largest absolute Gasteiger partial charge is 0.462 e. The smallest absolute Gasteiger partial charge is 0.339 e. The summed E-state index contributed by atoms with van der Waals surface area (Å²) >= 11 is 1.53. The summed E-state index contributed by atoms with van der Waals surface area (Å²) in [6.45, 7) is 4.53. The van der Waals surface area contributed by atoms with Gasteiger partial charge in [-0.3, -0.25) is 0 Å². The zero-order chi connectivity index (χ0) is 9.68. The Balaban J connectivity index is 2.45. The molecule has 0 amide bonds. The Morgan fingerprint density at radius 2 is 2.31 bits per heavy atom. The maximum absolute atomic E-state index is 11.4. The van der Waals surface area contributed by atoms with Crippen LogP contribution in [0.3, 0.4) is 0 Å². The Morgan fingerprint density at radius 3 is 2.85 bits per heavy atom. The van der Waals surface area contributed by atoms with E-state index in [1.165, 1.54) is 11.3 Å². The van der Waals surface area contributed by atoms with Gasteiger partial charge in [0.1, 0.15) is 0 Å². The van der Waals surface area contributed by atoms with Crippen molar-refractivity contribution in [3.63, 3.8) is 0 Å². The molecule has 0 atom stereocenters. The third-order valence-corrected chi connectivity index (χ3v) is 2.67. The van der Waals surface area contributed by atoms with E-state index in [1.807, 2.05) is 17.7 Å². The highest BCUT2D eigenvalue weighted by atomic mass is 32.1. The molecule has 0 saturated heterocycles. The normalized spacial score (nSPS) is 10.0. The average Bonchev–Trinajstić information content (AvgIpc) is 2.52. The Labute approximate surface area is 82.5 Å². The molecule has 0 aliphatic rings. The van der Waals surface area contributed by atoms with Crippen molar-refractivity contribution in [2.24, 2.45) is 0 Å². The molecule has 0 spiro atoms. The Bertz CT molecular complexity index is 278. The lowest BCUT2D eigenvalue weighted by molar-refractivity contribution is 0.0499. The first-order valence-electron chi connectivity index (χ1n) is 4.45. The second-order valence-electron chi connectivity index (χ2n) is 2.96. The molecule has 0 aromatic carbocycles. The highest BCUT2D eigenvalue weighted by Gasteiger charge is 2.10. The third kappa shape index (κ3) is 2.84. The van der Waals surface area contributed by atoms with Gasteiger partial charge in [-0.2, -0.15) is 11.3 Å². The topological polar surface area (TPSA) is 26.3 Å². The number of carbonyl (C=O) groups is 1. The summed E-state index contributed by atoms with van der Waals surface area (Å²) in [4.78, 5) is 11.4. The van der Waals surface area contributed by atoms with Crippen LogP contribution in [-0.2, 0) is 4.74 Å². The van der Waals surface area contributed by atoms with Gasteiger partial charge in [0.2, 0.25) is 0 Å². The number of ether oxygens (including phenoxy) is 1. The maximum atomic E-state index is 11.4. The van der Waals surface area contributed by atoms with Gasteiger partial charge in [-0.1, -0.05) is 13.3 Å². The molecule has 0 unspecified atom stereocenters. The van der Waals surface area contributed by atoms with Crippen LogP contribution in [0, 0.1) is 6.92 Å². The van der Waals surface area contributed by atoms with E-state index in [0.29, 0.717) is 12.2 Å². The molecule has 72 valence electrons. The fourth-order valence-corrected chi connectivity index (χ4v) is 1.77. The molecular formula is C10H14O2S. The average molecular weight is 198 g/mol. The van der Waals surface area contributed by atoms with Crippen molar-refractivity contribution in [1.29, 1.82) is 0 Å². The zero-order valence-electron chi connectivity index (χ0n) is 8.00. The van der Waals surface area contributed by atoms with Gasteiger partial charge >= 0.3 is 5.97 Å². The van der Waals surface area contributed by atoms with Crippen LogP contribution in [0.25, 0.3) is 0 Å². The van der Waals surface area contributed by atoms with Crippen molar-refractivity contribution in [2.45, 2.75) is 26.7 Å². The molecule has 0 fully saturated rings. The predicted molar refractivity (Wildman–Crippen MR) is 54.2 cm³/mol. The summed E-state index contributed by atoms with van der Waals surface area (Å²) in [6.07, 6.45) is 1.99. The number of carbonyl (C=O) groups excluding carboxylic acids is 1. The van der Waals surface area contributed by atoms with Crippen molar-refractivity contribution < 1.29 is 9.53 Å². The highest BCUT2D eigenvalue weighted by molar-refractivity contribution is 7.08. The molecule has 0 bridgehead atoms. The van der Waals surface area contributed by atoms with Gasteiger partial charge in [-0.15, -0.1) is 0 Å². The van der Waals surface area contributed by atoms with E-state index >= 15 is 0 Å². The summed E-state index contributed by atoms with van der Waals surface area (Å²) in [6, 6.07) is 0. The van der Waals surface area contributed by atoms with Crippen molar-refractivity contribution in [1.82, 2.24) is 0 Å². The standard InChI is InChI=1S/C10H14O2S/c1-3-4-5-12-10(11)9-7-13-6-8(9)2/h6-7H,3-5H2,1-2H3. The highest BCUT2D eigenvalue weighted by Crippen LogP contribution is 2.14. The minimum atomic E-state index is -0.188. The first-order chi connectivity index (χ1) is 6.25. The summed E-state index contributed by atoms with van der Waals surface area (Å²) in [5, 5.41) is 3.79. The van der Waals surface area contributed by atoms with Gasteiger partial charge < -0.3 is 4.74 Å². The summed E-state index contributed by atoms with van der Waals surface area (Å²) < 4.78 is 5.08. The number of hydrogen-bond acceptors (Lipinski definition) is 3. The Morgan fingerprint density at radius 1 is 1.54 bits per heavy atom. The van der Waals surface area contributed by atoms with E-state index < -0.39 is 0 Å². The van der Waals surface area contributed by atoms with Gasteiger partial charge in [-0.05, 0) is 24.3 Å². The number of hydrogen-bond donors (Lipinski definition) is 0. The molecule has 1 heterocycles. The van der Waals surface area contributed by atoms with Gasteiger partial charge in [0.15, 0.2) is 0 Å². The first kappa shape index (κ1) is 10.3. The molecule has 2 nitrogen and oxygen atoms in total. The number of aryl methyl sites for hydroxylation is 1. The van der Waals surface area contributed by atoms with Crippen LogP contribution in [-0.4, -0.2) is 12.6 Å². The van der Waals surface area contributed by atoms with E-state index in [4.69, 9.17) is 4.74 Å². The molecule has 0 saturated carbocycles. The van der Waals surface area contributed by atoms with Gasteiger partial charge in [-0.25, -0.2) is 4.79 Å². The van der Waals surface area contributed by atoms with Crippen molar-refractivity contribution >= 4 is 17.3 Å². The molecule has 3 heteroatoms. The molecule has 1 aromatic rings. The lowest BCUT2D eigenvalue weighted by Gasteiger charge is -2.02. The molecule has 1 rings (SSSR count). The molecule has 0 N–H and O–H groups in total. The van der Waals surface area contributed by atoms with Crippen LogP contribution >= 0.6 is 11.3 Å². The Hall–Kier alpha value is -0.830. The monoisotopic (exact) mass is 198 g/mol. The van der Waals surface area contributed by atoms with E-state index in [-0.39, 0.29) is 5.97 Å². The lowest BCUT2D eigenvalue weighted by Crippen LogP contribution is -2.06. The molecule has 1 aromatic heterocycles. The van der Waals surface area contributed by atoms with Gasteiger partial charge in [0, 0.05) is 5.38 Å². The summed E-state index contributed by atoms with van der Waals surface area (Å²) in [7, 11) is 0. The number of rotatable bonds is 4. The quantitative estimate of drug-likeness (QED) is 0.549. The second kappa shape index (κ2) is 5.02. The summed E-state index contributed by atoms with van der Waals surface area (Å²) in [5.41, 5.74) is 1.72. The molecule has 13 heavy (non-hydrogen) atoms. The van der Waals surface area contributed by atoms with E-state index in [1.54, 1.807) is 0 Å². The van der Waals surface area contributed by atoms with Crippen LogP contribution in [0.5, 0.6) is 0 Å². The molecular weight excluding hydrogens is 184 g/mol. The van der Waals surface area contributed by atoms with Gasteiger partial charge in [0.05, 0.1) is 12.2 Å². The van der Waals surface area contributed by atoms with Gasteiger partial charge in [0.25, 0.3) is 0 Å². The number of esters is 1. The minimum absolute atomic E-state index is 0.188. The van der Waals surface area contributed by atoms with Crippen molar-refractivity contribution in [2.75, 3.05) is 6.61 Å². The van der Waals surface area contributed by atoms with E-state index in [2.05, 4.69) is 6.92 Å². The lowest BCUT2D eigenvalue weighted by atomic mass is 10.2. The fraction of sp³-hybridized carbons (Fsp3) is 0.500. The van der Waals surface area contributed by atoms with Crippen LogP contribution in [0.2, 0.25) is 0 Å². The summed E-state index contributed by atoms with van der Waals surface area (Å²) in [5.74, 6) is -0.188. The SMILES string of the molecule is CCCCOC(=O)c1cscc1C. The van der Waals surface area contributed by atoms with Crippen molar-refractivity contribution in [3.05, 3.63) is 21.9 Å². The van der Waals surface area contributed by atoms with Crippen LogP contribution in [0.4, 0.5) is 0 Å². The maximum Gasteiger partial charge on any atom is 0.339 e. The van der Waals surface area contributed by atoms with Crippen LogP contribution < -0.4 is 0 Å². The minimum Gasteiger partial charge on any atom is -0.462 e. The third-order valence-electron chi connectivity index (χ3n) is 1.81. The van der Waals surface area contributed by atoms with Crippen molar-refractivity contribution in [3.8, 4) is 0 Å². The van der Waals surface area contributed by atoms with Crippen LogP contribution in [0.15, 0.2) is 10.8 Å². The Kier molecular flexibility index (Phi) is 3.96. The molecule has 0 aliphatic heterocycles. The number of unbranched alkanes of at least 4 members (excludes halogenated alkanes) is 1. The zero-order valence-corrected chi connectivity index (χ0v) is 8.82. The van der Waals surface area contributed by atoms with E-state index in [9.17, 15) is 4.79 Å². The molecule has 0 radical (unpaired) electrons. The fourth-order valence-electron chi connectivity index (χ4n) is 0.957. The first-order valence-corrected chi connectivity index (χ1v) is 5.40. The predicted octanol–water partition coefficient (Wildman–Crippen LogP) is 3.01. The number of thiophene rings is 1. The van der Waals surface area contributed by atoms with E-state index in [0.717, 1.165) is 18.4 Å². The second-order valence-corrected chi connectivity index (χ2v) is 3.70. The van der Waals surface area contributed by atoms with Crippen LogP contribution in [0.1, 0.15) is 35.7 Å².